The van der Waals surface area contributed by atoms with Crippen molar-refractivity contribution in [3.05, 3.63) is 89.9 Å². The number of rotatable bonds is 7. The fourth-order valence-corrected chi connectivity index (χ4v) is 4.42. The van der Waals surface area contributed by atoms with Crippen LogP contribution >= 0.6 is 0 Å². The molecule has 9 heteroatoms. The lowest BCUT2D eigenvalue weighted by Crippen LogP contribution is -2.13. The molecular formula is C26H23FN2O5S. The molecule has 0 unspecified atom stereocenters. The van der Waals surface area contributed by atoms with Gasteiger partial charge in [0.25, 0.3) is 0 Å². The highest BCUT2D eigenvalue weighted by molar-refractivity contribution is 7.90. The van der Waals surface area contributed by atoms with Crippen molar-refractivity contribution in [1.82, 2.24) is 9.78 Å². The van der Waals surface area contributed by atoms with Crippen LogP contribution in [0.2, 0.25) is 0 Å². The first-order chi connectivity index (χ1) is 16.7. The molecule has 0 aliphatic heterocycles. The Labute approximate surface area is 202 Å². The number of ether oxygens (including phenoxy) is 2. The van der Waals surface area contributed by atoms with Gasteiger partial charge >= 0.3 is 5.97 Å². The second-order valence-corrected chi connectivity index (χ2v) is 9.87. The van der Waals surface area contributed by atoms with E-state index in [9.17, 15) is 17.6 Å². The van der Waals surface area contributed by atoms with Gasteiger partial charge in [-0.2, -0.15) is 5.10 Å². The number of esters is 1. The smallest absolute Gasteiger partial charge is 0.357 e. The summed E-state index contributed by atoms with van der Waals surface area (Å²) in [6.45, 7) is 0.262. The number of nitrogens with zero attached hydrogens (tertiary/aromatic N) is 2. The predicted molar refractivity (Wildman–Crippen MR) is 130 cm³/mol. The zero-order chi connectivity index (χ0) is 25.2. The zero-order valence-electron chi connectivity index (χ0n) is 19.4. The zero-order valence-corrected chi connectivity index (χ0v) is 20.2. The van der Waals surface area contributed by atoms with Crippen LogP contribution in [0.4, 0.5) is 4.39 Å². The first kappa shape index (κ1) is 24.2. The van der Waals surface area contributed by atoms with Gasteiger partial charge in [0, 0.05) is 17.4 Å². The molecule has 180 valence electrons. The summed E-state index contributed by atoms with van der Waals surface area (Å²) in [5.41, 5.74) is 2.73. The first-order valence-corrected chi connectivity index (χ1v) is 12.5. The first-order valence-electron chi connectivity index (χ1n) is 10.6. The molecule has 0 spiro atoms. The number of sulfone groups is 1. The minimum Gasteiger partial charge on any atom is -0.494 e. The van der Waals surface area contributed by atoms with Crippen molar-refractivity contribution >= 4 is 15.8 Å². The fraction of sp³-hybridized carbons (Fsp3) is 0.154. The second kappa shape index (κ2) is 9.71. The number of aromatic nitrogens is 2. The van der Waals surface area contributed by atoms with Crippen LogP contribution in [0.5, 0.6) is 5.75 Å². The lowest BCUT2D eigenvalue weighted by atomic mass is 9.98. The number of carbonyl (C=O) groups is 1. The Morgan fingerprint density at radius 2 is 1.63 bits per heavy atom. The number of methoxy groups -OCH3 is 2. The third-order valence-corrected chi connectivity index (χ3v) is 6.63. The third kappa shape index (κ3) is 4.95. The number of hydrogen-bond acceptors (Lipinski definition) is 6. The van der Waals surface area contributed by atoms with Crippen LogP contribution in [-0.4, -0.2) is 44.6 Å². The molecule has 1 aromatic heterocycles. The molecule has 7 nitrogen and oxygen atoms in total. The second-order valence-electron chi connectivity index (χ2n) is 7.85. The van der Waals surface area contributed by atoms with Gasteiger partial charge in [0.05, 0.1) is 25.7 Å². The van der Waals surface area contributed by atoms with Crippen molar-refractivity contribution in [3.63, 3.8) is 0 Å². The van der Waals surface area contributed by atoms with Gasteiger partial charge in [-0.15, -0.1) is 0 Å². The Bertz CT molecular complexity index is 1480. The van der Waals surface area contributed by atoms with Gasteiger partial charge in [-0.25, -0.2) is 17.6 Å². The molecule has 0 saturated carbocycles. The van der Waals surface area contributed by atoms with E-state index < -0.39 is 21.6 Å². The summed E-state index contributed by atoms with van der Waals surface area (Å²) in [4.78, 5) is 13.1. The molecule has 0 radical (unpaired) electrons. The monoisotopic (exact) mass is 494 g/mol. The van der Waals surface area contributed by atoms with Gasteiger partial charge in [0.15, 0.2) is 27.1 Å². The van der Waals surface area contributed by atoms with Gasteiger partial charge in [0.1, 0.15) is 5.69 Å². The van der Waals surface area contributed by atoms with Crippen molar-refractivity contribution in [3.8, 4) is 28.1 Å². The fourth-order valence-electron chi connectivity index (χ4n) is 3.79. The lowest BCUT2D eigenvalue weighted by Gasteiger charge is -2.10. The van der Waals surface area contributed by atoms with Gasteiger partial charge in [-0.05, 0) is 35.4 Å². The van der Waals surface area contributed by atoms with Crippen molar-refractivity contribution < 1.29 is 27.1 Å². The van der Waals surface area contributed by atoms with E-state index in [0.717, 1.165) is 11.8 Å². The van der Waals surface area contributed by atoms with E-state index in [-0.39, 0.29) is 22.9 Å². The molecule has 0 atom stereocenters. The van der Waals surface area contributed by atoms with E-state index in [2.05, 4.69) is 0 Å². The number of hydrogen-bond donors (Lipinski definition) is 0. The quantitative estimate of drug-likeness (QED) is 0.349. The molecule has 0 aliphatic rings. The average Bonchev–Trinajstić information content (AvgIpc) is 3.22. The summed E-state index contributed by atoms with van der Waals surface area (Å²) < 4.78 is 50.1. The van der Waals surface area contributed by atoms with Crippen LogP contribution in [0.3, 0.4) is 0 Å². The minimum absolute atomic E-state index is 0.0594. The Hall–Kier alpha value is -3.98. The van der Waals surface area contributed by atoms with Crippen molar-refractivity contribution in [2.24, 2.45) is 0 Å². The average molecular weight is 495 g/mol. The molecule has 0 aliphatic carbocycles. The van der Waals surface area contributed by atoms with E-state index >= 15 is 0 Å². The Kier molecular flexibility index (Phi) is 6.70. The standard InChI is InChI=1S/C26H23FN2O5S/c1-33-22-14-11-19(15-21(22)27)23-24(18-9-12-20(13-10-18)35(3,31)32)28-29(25(23)26(30)34-2)16-17-7-5-4-6-8-17/h4-15H,16H2,1-3H3. The minimum atomic E-state index is -3.40. The molecule has 0 amide bonds. The lowest BCUT2D eigenvalue weighted by molar-refractivity contribution is 0.0588. The Balaban J connectivity index is 1.98. The van der Waals surface area contributed by atoms with Crippen molar-refractivity contribution in [2.75, 3.05) is 20.5 Å². The maximum Gasteiger partial charge on any atom is 0.357 e. The van der Waals surface area contributed by atoms with Crippen molar-refractivity contribution in [2.45, 2.75) is 11.4 Å². The summed E-state index contributed by atoms with van der Waals surface area (Å²) in [5, 5.41) is 4.70. The SMILES string of the molecule is COC(=O)c1c(-c2ccc(OC)c(F)c2)c(-c2ccc(S(C)(=O)=O)cc2)nn1Cc1ccccc1. The Morgan fingerprint density at radius 1 is 0.971 bits per heavy atom. The van der Waals surface area contributed by atoms with E-state index in [1.54, 1.807) is 18.2 Å². The molecule has 4 rings (SSSR count). The highest BCUT2D eigenvalue weighted by atomic mass is 32.2. The van der Waals surface area contributed by atoms with Crippen LogP contribution in [0, 0.1) is 5.82 Å². The maximum atomic E-state index is 14.7. The summed E-state index contributed by atoms with van der Waals surface area (Å²) in [6, 6.07) is 20.0. The summed E-state index contributed by atoms with van der Waals surface area (Å²) in [7, 11) is -0.771. The largest absolute Gasteiger partial charge is 0.494 e. The van der Waals surface area contributed by atoms with Gasteiger partial charge in [-0.1, -0.05) is 48.5 Å². The predicted octanol–water partition coefficient (Wildman–Crippen LogP) is 4.60. The highest BCUT2D eigenvalue weighted by Gasteiger charge is 2.27. The maximum absolute atomic E-state index is 14.7. The topological polar surface area (TPSA) is 87.5 Å². The normalized spacial score (nSPS) is 11.3. The van der Waals surface area contributed by atoms with Crippen LogP contribution < -0.4 is 4.74 Å². The molecule has 0 saturated heterocycles. The molecule has 0 fully saturated rings. The van der Waals surface area contributed by atoms with Gasteiger partial charge in [0.2, 0.25) is 0 Å². The molecule has 3 aromatic carbocycles. The van der Waals surface area contributed by atoms with E-state index in [4.69, 9.17) is 14.6 Å². The summed E-state index contributed by atoms with van der Waals surface area (Å²) in [6.07, 6.45) is 1.12. The van der Waals surface area contributed by atoms with E-state index in [1.165, 1.54) is 43.2 Å². The van der Waals surface area contributed by atoms with Crippen LogP contribution in [0.25, 0.3) is 22.4 Å². The Morgan fingerprint density at radius 3 is 2.20 bits per heavy atom. The van der Waals surface area contributed by atoms with E-state index in [1.807, 2.05) is 30.3 Å². The molecule has 0 N–H and O–H groups in total. The molecule has 1 heterocycles. The van der Waals surface area contributed by atoms with Crippen LogP contribution in [0.1, 0.15) is 16.1 Å². The summed E-state index contributed by atoms with van der Waals surface area (Å²) >= 11 is 0. The van der Waals surface area contributed by atoms with Crippen LogP contribution in [0.15, 0.2) is 77.7 Å². The molecule has 35 heavy (non-hydrogen) atoms. The number of carbonyl (C=O) groups excluding carboxylic acids is 1. The van der Waals surface area contributed by atoms with E-state index in [0.29, 0.717) is 22.4 Å². The molecule has 4 aromatic rings. The molecular weight excluding hydrogens is 471 g/mol. The summed E-state index contributed by atoms with van der Waals surface area (Å²) in [5.74, 6) is -1.18. The molecule has 0 bridgehead atoms. The number of halogens is 1. The van der Waals surface area contributed by atoms with Crippen LogP contribution in [-0.2, 0) is 21.1 Å². The third-order valence-electron chi connectivity index (χ3n) is 5.50. The van der Waals surface area contributed by atoms with Gasteiger partial charge < -0.3 is 9.47 Å². The highest BCUT2D eigenvalue weighted by Crippen LogP contribution is 2.37. The van der Waals surface area contributed by atoms with Gasteiger partial charge in [-0.3, -0.25) is 4.68 Å². The van der Waals surface area contributed by atoms with Crippen molar-refractivity contribution in [1.29, 1.82) is 0 Å². The number of benzene rings is 3.